The normalized spacial score (nSPS) is 15.4. The fourth-order valence-corrected chi connectivity index (χ4v) is 3.49. The number of morpholine rings is 1. The zero-order valence-corrected chi connectivity index (χ0v) is 15.8. The Kier molecular flexibility index (Phi) is 5.88. The van der Waals surface area contributed by atoms with Crippen molar-refractivity contribution in [2.75, 3.05) is 40.0 Å². The van der Waals surface area contributed by atoms with Gasteiger partial charge in [0.25, 0.3) is 5.78 Å². The Hall–Kier alpha value is -1.70. The molecule has 1 aromatic carbocycles. The maximum absolute atomic E-state index is 12.3. The molecule has 1 fully saturated rings. The minimum atomic E-state index is -0.840. The number of aryl methyl sites for hydroxylation is 1. The summed E-state index contributed by atoms with van der Waals surface area (Å²) in [7, 11) is 1.22. The molecule has 3 rings (SSSR count). The van der Waals surface area contributed by atoms with Gasteiger partial charge in [0.2, 0.25) is 0 Å². The molecule has 0 amide bonds. The Bertz CT molecular complexity index is 781. The van der Waals surface area contributed by atoms with Gasteiger partial charge in [-0.1, -0.05) is 15.9 Å². The van der Waals surface area contributed by atoms with Gasteiger partial charge in [0.05, 0.1) is 25.9 Å². The number of carbonyl (C=O) groups is 2. The molecule has 0 N–H and O–H groups in total. The Balaban J connectivity index is 1.80. The predicted molar refractivity (Wildman–Crippen MR) is 97.9 cm³/mol. The molecule has 1 saturated heterocycles. The van der Waals surface area contributed by atoms with E-state index in [2.05, 4.69) is 25.6 Å². The zero-order valence-electron chi connectivity index (χ0n) is 14.2. The number of ether oxygens (including phenoxy) is 2. The van der Waals surface area contributed by atoms with Gasteiger partial charge < -0.3 is 14.0 Å². The number of Topliss-reactive ketones (excluding diaryl/α,β-unsaturated/α-hetero) is 1. The molecule has 2 aromatic rings. The van der Waals surface area contributed by atoms with E-state index in [-0.39, 0.29) is 0 Å². The SMILES string of the molecule is COC(=O)C(=O)c1cn(CCCN2CCOCC2)c2ccc(Br)cc12. The number of halogens is 1. The summed E-state index contributed by atoms with van der Waals surface area (Å²) in [5.74, 6) is -1.45. The zero-order chi connectivity index (χ0) is 17.8. The van der Waals surface area contributed by atoms with Crippen LogP contribution in [0.25, 0.3) is 10.9 Å². The van der Waals surface area contributed by atoms with Gasteiger partial charge in [-0.15, -0.1) is 0 Å². The van der Waals surface area contributed by atoms with Crippen LogP contribution >= 0.6 is 15.9 Å². The molecule has 1 aliphatic rings. The van der Waals surface area contributed by atoms with Crippen molar-refractivity contribution >= 4 is 38.6 Å². The van der Waals surface area contributed by atoms with Crippen LogP contribution < -0.4 is 0 Å². The van der Waals surface area contributed by atoms with Crippen LogP contribution in [0.3, 0.4) is 0 Å². The van der Waals surface area contributed by atoms with E-state index in [0.717, 1.165) is 61.2 Å². The number of carbonyl (C=O) groups excluding carboxylic acids is 2. The highest BCUT2D eigenvalue weighted by atomic mass is 79.9. The van der Waals surface area contributed by atoms with Crippen LogP contribution in [-0.4, -0.2) is 61.2 Å². The summed E-state index contributed by atoms with van der Waals surface area (Å²) in [6.07, 6.45) is 2.72. The molecule has 0 atom stereocenters. The average Bonchev–Trinajstić information content (AvgIpc) is 2.99. The lowest BCUT2D eigenvalue weighted by molar-refractivity contribution is -0.135. The molecule has 0 unspecified atom stereocenters. The molecule has 0 saturated carbocycles. The predicted octanol–water partition coefficient (Wildman–Crippen LogP) is 2.48. The topological polar surface area (TPSA) is 60.8 Å². The van der Waals surface area contributed by atoms with Gasteiger partial charge in [-0.3, -0.25) is 9.69 Å². The van der Waals surface area contributed by atoms with Crippen molar-refractivity contribution in [1.82, 2.24) is 9.47 Å². The number of esters is 1. The minimum Gasteiger partial charge on any atom is -0.463 e. The van der Waals surface area contributed by atoms with E-state index in [1.807, 2.05) is 22.8 Å². The van der Waals surface area contributed by atoms with Gasteiger partial charge >= 0.3 is 5.97 Å². The van der Waals surface area contributed by atoms with Gasteiger partial charge in [-0.05, 0) is 24.6 Å². The number of ketones is 1. The van der Waals surface area contributed by atoms with Gasteiger partial charge in [0.1, 0.15) is 0 Å². The van der Waals surface area contributed by atoms with Crippen LogP contribution in [0, 0.1) is 0 Å². The number of fused-ring (bicyclic) bond motifs is 1. The van der Waals surface area contributed by atoms with E-state index < -0.39 is 11.8 Å². The van der Waals surface area contributed by atoms with Crippen LogP contribution in [0.5, 0.6) is 0 Å². The van der Waals surface area contributed by atoms with Crippen LogP contribution in [0.1, 0.15) is 16.8 Å². The van der Waals surface area contributed by atoms with Gasteiger partial charge in [-0.25, -0.2) is 4.79 Å². The first kappa shape index (κ1) is 18.1. The van der Waals surface area contributed by atoms with Crippen molar-refractivity contribution in [3.63, 3.8) is 0 Å². The highest BCUT2D eigenvalue weighted by molar-refractivity contribution is 9.10. The first-order valence-electron chi connectivity index (χ1n) is 8.31. The summed E-state index contributed by atoms with van der Waals surface area (Å²) in [5.41, 5.74) is 1.33. The van der Waals surface area contributed by atoms with Crippen molar-refractivity contribution in [3.05, 3.63) is 34.4 Å². The maximum Gasteiger partial charge on any atom is 0.379 e. The quantitative estimate of drug-likeness (QED) is 0.417. The average molecular weight is 409 g/mol. The summed E-state index contributed by atoms with van der Waals surface area (Å²) in [4.78, 5) is 26.4. The molecule has 1 aromatic heterocycles. The van der Waals surface area contributed by atoms with Crippen molar-refractivity contribution in [2.24, 2.45) is 0 Å². The van der Waals surface area contributed by atoms with E-state index in [9.17, 15) is 9.59 Å². The minimum absolute atomic E-state index is 0.384. The summed E-state index contributed by atoms with van der Waals surface area (Å²) >= 11 is 3.43. The van der Waals surface area contributed by atoms with Gasteiger partial charge in [0, 0.05) is 47.8 Å². The lowest BCUT2D eigenvalue weighted by atomic mass is 10.1. The highest BCUT2D eigenvalue weighted by Crippen LogP contribution is 2.26. The van der Waals surface area contributed by atoms with Crippen molar-refractivity contribution in [2.45, 2.75) is 13.0 Å². The summed E-state index contributed by atoms with van der Waals surface area (Å²) in [6, 6.07) is 5.76. The first-order chi connectivity index (χ1) is 12.1. The van der Waals surface area contributed by atoms with Crippen LogP contribution in [0.4, 0.5) is 0 Å². The smallest absolute Gasteiger partial charge is 0.379 e. The molecule has 0 spiro atoms. The molecular formula is C18H21BrN2O4. The number of hydrogen-bond acceptors (Lipinski definition) is 5. The second kappa shape index (κ2) is 8.12. The lowest BCUT2D eigenvalue weighted by Crippen LogP contribution is -2.37. The highest BCUT2D eigenvalue weighted by Gasteiger charge is 2.22. The number of hydrogen-bond donors (Lipinski definition) is 0. The largest absolute Gasteiger partial charge is 0.463 e. The fraction of sp³-hybridized carbons (Fsp3) is 0.444. The first-order valence-corrected chi connectivity index (χ1v) is 9.10. The number of benzene rings is 1. The van der Waals surface area contributed by atoms with Crippen LogP contribution in [0.15, 0.2) is 28.9 Å². The van der Waals surface area contributed by atoms with Crippen LogP contribution in [0.2, 0.25) is 0 Å². The third-order valence-electron chi connectivity index (χ3n) is 4.44. The van der Waals surface area contributed by atoms with Crippen molar-refractivity contribution < 1.29 is 19.1 Å². The number of rotatable bonds is 6. The molecule has 1 aliphatic heterocycles. The van der Waals surface area contributed by atoms with E-state index in [1.54, 1.807) is 6.20 Å². The molecule has 7 heteroatoms. The van der Waals surface area contributed by atoms with E-state index in [1.165, 1.54) is 7.11 Å². The molecule has 6 nitrogen and oxygen atoms in total. The van der Waals surface area contributed by atoms with Crippen molar-refractivity contribution in [3.8, 4) is 0 Å². The third kappa shape index (κ3) is 4.11. The standard InChI is InChI=1S/C18H21BrN2O4/c1-24-18(23)17(22)15-12-21(16-4-3-13(19)11-14(15)16)6-2-5-20-7-9-25-10-8-20/h3-4,11-12H,2,5-10H2,1H3. The number of nitrogens with zero attached hydrogens (tertiary/aromatic N) is 2. The second-order valence-electron chi connectivity index (χ2n) is 6.03. The fourth-order valence-electron chi connectivity index (χ4n) is 3.13. The van der Waals surface area contributed by atoms with Crippen molar-refractivity contribution in [1.29, 1.82) is 0 Å². The molecule has 134 valence electrons. The monoisotopic (exact) mass is 408 g/mol. The Morgan fingerprint density at radius 1 is 1.24 bits per heavy atom. The Morgan fingerprint density at radius 2 is 2.00 bits per heavy atom. The second-order valence-corrected chi connectivity index (χ2v) is 6.94. The lowest BCUT2D eigenvalue weighted by Gasteiger charge is -2.26. The summed E-state index contributed by atoms with van der Waals surface area (Å²) < 4.78 is 12.9. The van der Waals surface area contributed by atoms with Gasteiger partial charge in [0.15, 0.2) is 0 Å². The Labute approximate surface area is 154 Å². The molecular weight excluding hydrogens is 388 g/mol. The molecule has 2 heterocycles. The Morgan fingerprint density at radius 3 is 2.72 bits per heavy atom. The maximum atomic E-state index is 12.3. The van der Waals surface area contributed by atoms with Crippen LogP contribution in [-0.2, 0) is 20.8 Å². The van der Waals surface area contributed by atoms with E-state index in [0.29, 0.717) is 5.56 Å². The third-order valence-corrected chi connectivity index (χ3v) is 4.93. The number of methoxy groups -OCH3 is 1. The summed E-state index contributed by atoms with van der Waals surface area (Å²) in [6.45, 7) is 5.27. The molecule has 25 heavy (non-hydrogen) atoms. The van der Waals surface area contributed by atoms with Gasteiger partial charge in [-0.2, -0.15) is 0 Å². The van der Waals surface area contributed by atoms with E-state index >= 15 is 0 Å². The molecule has 0 aliphatic carbocycles. The molecule has 0 bridgehead atoms. The van der Waals surface area contributed by atoms with E-state index in [4.69, 9.17) is 4.74 Å². The number of aromatic nitrogens is 1. The molecule has 0 radical (unpaired) electrons. The summed E-state index contributed by atoms with van der Waals surface area (Å²) in [5, 5.41) is 0.760.